The van der Waals surface area contributed by atoms with E-state index in [0.717, 1.165) is 0 Å². The molecule has 2 heterocycles. The quantitative estimate of drug-likeness (QED) is 0.664. The fourth-order valence-electron chi connectivity index (χ4n) is 3.21. The average molecular weight is 424 g/mol. The van der Waals surface area contributed by atoms with Crippen molar-refractivity contribution in [3.05, 3.63) is 54.0 Å². The molecule has 0 spiro atoms. The number of rotatable bonds is 4. The molecule has 8 heteroatoms. The summed E-state index contributed by atoms with van der Waals surface area (Å²) in [7, 11) is 1.49. The molecular formula is C23H25FN4O3. The van der Waals surface area contributed by atoms with Crippen molar-refractivity contribution in [2.75, 3.05) is 18.5 Å². The summed E-state index contributed by atoms with van der Waals surface area (Å²) in [4.78, 5) is 36.3. The first-order chi connectivity index (χ1) is 14.7. The lowest BCUT2D eigenvalue weighted by Gasteiger charge is -2.28. The summed E-state index contributed by atoms with van der Waals surface area (Å²) in [6, 6.07) is 9.21. The van der Waals surface area contributed by atoms with Crippen LogP contribution in [0.25, 0.3) is 22.2 Å². The average Bonchev–Trinajstić information content (AvgIpc) is 2.72. The molecule has 0 unspecified atom stereocenters. The van der Waals surface area contributed by atoms with Gasteiger partial charge >= 0.3 is 6.09 Å². The minimum Gasteiger partial charge on any atom is -0.443 e. The normalized spacial score (nSPS) is 11.3. The summed E-state index contributed by atoms with van der Waals surface area (Å²) in [5.41, 5.74) is 0.584. The van der Waals surface area contributed by atoms with E-state index in [1.165, 1.54) is 30.1 Å². The number of aromatic nitrogens is 2. The van der Waals surface area contributed by atoms with Gasteiger partial charge < -0.3 is 10.1 Å². The van der Waals surface area contributed by atoms with Crippen LogP contribution in [-0.2, 0) is 4.74 Å². The van der Waals surface area contributed by atoms with Crippen LogP contribution >= 0.6 is 0 Å². The van der Waals surface area contributed by atoms with Gasteiger partial charge in [0.05, 0.1) is 22.3 Å². The number of ether oxygens (including phenoxy) is 1. The third-order valence-electron chi connectivity index (χ3n) is 4.49. The van der Waals surface area contributed by atoms with Crippen LogP contribution in [0, 0.1) is 5.82 Å². The second-order valence-electron chi connectivity index (χ2n) is 7.87. The van der Waals surface area contributed by atoms with Crippen LogP contribution in [0.4, 0.5) is 15.0 Å². The van der Waals surface area contributed by atoms with E-state index in [1.54, 1.807) is 52.1 Å². The molecule has 1 aromatic carbocycles. The molecule has 162 valence electrons. The van der Waals surface area contributed by atoms with E-state index in [0.29, 0.717) is 22.2 Å². The Kier molecular flexibility index (Phi) is 6.19. The molecule has 0 aliphatic carbocycles. The number of nitrogens with zero attached hydrogens (tertiary/aromatic N) is 3. The number of pyridine rings is 2. The molecule has 0 atom stereocenters. The van der Waals surface area contributed by atoms with Gasteiger partial charge in [-0.25, -0.2) is 14.2 Å². The Labute approximate surface area is 180 Å². The second kappa shape index (κ2) is 8.67. The topological polar surface area (TPSA) is 84.4 Å². The third kappa shape index (κ3) is 4.63. The van der Waals surface area contributed by atoms with Gasteiger partial charge in [-0.15, -0.1) is 0 Å². The molecule has 0 saturated carbocycles. The number of hydrogen-bond donors (Lipinski definition) is 1. The molecule has 7 nitrogen and oxygen atoms in total. The highest BCUT2D eigenvalue weighted by molar-refractivity contribution is 6.14. The number of benzene rings is 1. The maximum absolute atomic E-state index is 14.1. The number of amides is 2. The first-order valence-electron chi connectivity index (χ1n) is 9.93. The van der Waals surface area contributed by atoms with Gasteiger partial charge in [-0.1, -0.05) is 6.07 Å². The van der Waals surface area contributed by atoms with E-state index in [9.17, 15) is 14.0 Å². The van der Waals surface area contributed by atoms with E-state index >= 15 is 0 Å². The molecule has 2 amide bonds. The Bertz CT molecular complexity index is 1130. The van der Waals surface area contributed by atoms with Crippen molar-refractivity contribution in [1.82, 2.24) is 15.3 Å². The predicted molar refractivity (Wildman–Crippen MR) is 118 cm³/mol. The summed E-state index contributed by atoms with van der Waals surface area (Å²) in [5, 5.41) is 2.93. The first-order valence-corrected chi connectivity index (χ1v) is 9.93. The lowest BCUT2D eigenvalue weighted by atomic mass is 9.98. The summed E-state index contributed by atoms with van der Waals surface area (Å²) >= 11 is 0. The van der Waals surface area contributed by atoms with Crippen molar-refractivity contribution in [3.63, 3.8) is 0 Å². The van der Waals surface area contributed by atoms with Crippen LogP contribution in [0.2, 0.25) is 0 Å². The largest absolute Gasteiger partial charge is 0.443 e. The van der Waals surface area contributed by atoms with Crippen molar-refractivity contribution in [2.45, 2.75) is 33.3 Å². The highest BCUT2D eigenvalue weighted by Gasteiger charge is 2.30. The third-order valence-corrected chi connectivity index (χ3v) is 4.49. The Hall–Kier alpha value is -3.55. The second-order valence-corrected chi connectivity index (χ2v) is 7.87. The number of nitrogens with one attached hydrogen (secondary N) is 1. The molecule has 3 aromatic rings. The van der Waals surface area contributed by atoms with Gasteiger partial charge in [-0.2, -0.15) is 0 Å². The minimum absolute atomic E-state index is 0.183. The monoisotopic (exact) mass is 424 g/mol. The zero-order chi connectivity index (χ0) is 22.8. The Morgan fingerprint density at radius 2 is 1.94 bits per heavy atom. The molecule has 31 heavy (non-hydrogen) atoms. The molecule has 3 rings (SSSR count). The van der Waals surface area contributed by atoms with Crippen LogP contribution in [-0.4, -0.2) is 41.2 Å². The summed E-state index contributed by atoms with van der Waals surface area (Å²) in [6.07, 6.45) is 0.968. The van der Waals surface area contributed by atoms with Gasteiger partial charge in [0.15, 0.2) is 0 Å². The zero-order valence-corrected chi connectivity index (χ0v) is 18.2. The van der Waals surface area contributed by atoms with E-state index in [4.69, 9.17) is 4.74 Å². The Morgan fingerprint density at radius 3 is 2.52 bits per heavy atom. The van der Waals surface area contributed by atoms with Gasteiger partial charge in [-0.05, 0) is 58.0 Å². The molecule has 1 N–H and O–H groups in total. The number of fused-ring (bicyclic) bond motifs is 1. The number of hydrogen-bond acceptors (Lipinski definition) is 5. The van der Waals surface area contributed by atoms with Gasteiger partial charge in [0.25, 0.3) is 5.91 Å². The molecular weight excluding hydrogens is 399 g/mol. The molecule has 0 aliphatic heterocycles. The van der Waals surface area contributed by atoms with E-state index < -0.39 is 23.4 Å². The van der Waals surface area contributed by atoms with Crippen LogP contribution in [0.1, 0.15) is 38.1 Å². The number of anilines is 1. The van der Waals surface area contributed by atoms with Crippen LogP contribution in [0.15, 0.2) is 42.6 Å². The summed E-state index contributed by atoms with van der Waals surface area (Å²) in [5.74, 6) is -0.730. The van der Waals surface area contributed by atoms with E-state index in [1.807, 2.05) is 0 Å². The Morgan fingerprint density at radius 1 is 1.19 bits per heavy atom. The maximum Gasteiger partial charge on any atom is 0.416 e. The van der Waals surface area contributed by atoms with Crippen molar-refractivity contribution >= 4 is 28.7 Å². The molecule has 0 bridgehead atoms. The minimum atomic E-state index is -0.723. The molecule has 2 aromatic heterocycles. The number of carbonyl (C=O) groups is 2. The van der Waals surface area contributed by atoms with Crippen LogP contribution < -0.4 is 10.2 Å². The van der Waals surface area contributed by atoms with E-state index in [-0.39, 0.29) is 17.9 Å². The number of carbonyl (C=O) groups excluding carboxylic acids is 2. The first kappa shape index (κ1) is 22.1. The highest BCUT2D eigenvalue weighted by atomic mass is 19.1. The Balaban J connectivity index is 2.40. The SMILES string of the molecule is CCN(C(=O)OC(C)(C)C)c1nc2ccc(F)cc2c(C(=O)NC)c1-c1ccccn1. The molecule has 0 fully saturated rings. The van der Waals surface area contributed by atoms with Crippen LogP contribution in [0.3, 0.4) is 0 Å². The zero-order valence-electron chi connectivity index (χ0n) is 18.2. The smallest absolute Gasteiger partial charge is 0.416 e. The van der Waals surface area contributed by atoms with E-state index in [2.05, 4.69) is 15.3 Å². The van der Waals surface area contributed by atoms with Crippen molar-refractivity contribution in [2.24, 2.45) is 0 Å². The standard InChI is InChI=1S/C23H25FN4O3/c1-6-28(22(30)31-23(2,3)4)20-19(17-9-7-8-12-26-17)18(21(29)25-5)15-13-14(24)10-11-16(15)27-20/h7-13H,6H2,1-5H3,(H,25,29). The maximum atomic E-state index is 14.1. The fourth-order valence-corrected chi connectivity index (χ4v) is 3.21. The predicted octanol–water partition coefficient (Wildman–Crippen LogP) is 4.56. The summed E-state index contributed by atoms with van der Waals surface area (Å²) in [6.45, 7) is 7.32. The molecule has 0 aliphatic rings. The van der Waals surface area contributed by atoms with Gasteiger partial charge in [0, 0.05) is 25.2 Å². The van der Waals surface area contributed by atoms with Crippen molar-refractivity contribution in [1.29, 1.82) is 0 Å². The van der Waals surface area contributed by atoms with Crippen molar-refractivity contribution in [3.8, 4) is 11.3 Å². The van der Waals surface area contributed by atoms with Gasteiger partial charge in [0.1, 0.15) is 17.2 Å². The summed E-state index contributed by atoms with van der Waals surface area (Å²) < 4.78 is 19.7. The number of halogens is 1. The lowest BCUT2D eigenvalue weighted by Crippen LogP contribution is -2.38. The highest BCUT2D eigenvalue weighted by Crippen LogP contribution is 2.37. The van der Waals surface area contributed by atoms with Crippen molar-refractivity contribution < 1.29 is 18.7 Å². The fraction of sp³-hybridized carbons (Fsp3) is 0.304. The van der Waals surface area contributed by atoms with Gasteiger partial charge in [0.2, 0.25) is 0 Å². The molecule has 0 radical (unpaired) electrons. The lowest BCUT2D eigenvalue weighted by molar-refractivity contribution is 0.0581. The van der Waals surface area contributed by atoms with Crippen LogP contribution in [0.5, 0.6) is 0 Å². The molecule has 0 saturated heterocycles. The van der Waals surface area contributed by atoms with Gasteiger partial charge in [-0.3, -0.25) is 14.7 Å².